The second-order valence-electron chi connectivity index (χ2n) is 4.50. The van der Waals surface area contributed by atoms with Crippen LogP contribution in [0.4, 0.5) is 5.69 Å². The highest BCUT2D eigenvalue weighted by Gasteiger charge is 2.17. The fourth-order valence-corrected chi connectivity index (χ4v) is 2.08. The van der Waals surface area contributed by atoms with Crippen molar-refractivity contribution in [3.8, 4) is 11.5 Å². The maximum atomic E-state index is 11.1. The molecule has 22 heavy (non-hydrogen) atoms. The smallest absolute Gasteiger partial charge is 0.269 e. The van der Waals surface area contributed by atoms with Crippen LogP contribution >= 0.6 is 0 Å². The van der Waals surface area contributed by atoms with Gasteiger partial charge in [-0.15, -0.1) is 5.10 Å². The van der Waals surface area contributed by atoms with E-state index in [0.29, 0.717) is 24.3 Å². The van der Waals surface area contributed by atoms with Crippen molar-refractivity contribution in [2.75, 3.05) is 0 Å². The Bertz CT molecular complexity index is 806. The second kappa shape index (κ2) is 5.60. The van der Waals surface area contributed by atoms with Crippen LogP contribution in [-0.2, 0) is 6.54 Å². The molecule has 0 amide bonds. The lowest BCUT2D eigenvalue weighted by Crippen LogP contribution is -2.04. The second-order valence-corrected chi connectivity index (χ2v) is 4.50. The maximum Gasteiger partial charge on any atom is 0.269 e. The molecule has 0 radical (unpaired) electrons. The van der Waals surface area contributed by atoms with Crippen LogP contribution in [-0.4, -0.2) is 26.2 Å². The molecule has 0 unspecified atom stereocenters. The number of furan rings is 1. The van der Waals surface area contributed by atoms with E-state index < -0.39 is 4.92 Å². The van der Waals surface area contributed by atoms with Crippen molar-refractivity contribution in [2.45, 2.75) is 6.54 Å². The predicted octanol–water partition coefficient (Wildman–Crippen LogP) is 2.31. The highest BCUT2D eigenvalue weighted by atomic mass is 16.6. The molecule has 2 heterocycles. The van der Waals surface area contributed by atoms with E-state index in [1.54, 1.807) is 24.3 Å². The molecule has 0 aliphatic carbocycles. The van der Waals surface area contributed by atoms with Crippen molar-refractivity contribution < 1.29 is 14.1 Å². The van der Waals surface area contributed by atoms with Crippen molar-refractivity contribution >= 4 is 12.0 Å². The van der Waals surface area contributed by atoms with Gasteiger partial charge in [0.2, 0.25) is 0 Å². The molecule has 8 heteroatoms. The Morgan fingerprint density at radius 2 is 2.05 bits per heavy atom. The Morgan fingerprint density at radius 3 is 2.64 bits per heavy atom. The lowest BCUT2D eigenvalue weighted by Gasteiger charge is -2.05. The van der Waals surface area contributed by atoms with E-state index in [-0.39, 0.29) is 11.4 Å². The number of nitro benzene ring substituents is 1. The lowest BCUT2D eigenvalue weighted by atomic mass is 10.2. The van der Waals surface area contributed by atoms with Gasteiger partial charge in [0.15, 0.2) is 17.7 Å². The van der Waals surface area contributed by atoms with Gasteiger partial charge < -0.3 is 4.42 Å². The number of carbonyl (C=O) groups is 1. The molecule has 0 aliphatic heterocycles. The molecule has 0 aliphatic rings. The van der Waals surface area contributed by atoms with Crippen LogP contribution < -0.4 is 0 Å². The molecule has 3 aromatic rings. The van der Waals surface area contributed by atoms with Gasteiger partial charge in [0.05, 0.1) is 17.7 Å². The average molecular weight is 298 g/mol. The summed E-state index contributed by atoms with van der Waals surface area (Å²) in [4.78, 5) is 21.3. The summed E-state index contributed by atoms with van der Waals surface area (Å²) in [5, 5.41) is 18.4. The quantitative estimate of drug-likeness (QED) is 0.406. The van der Waals surface area contributed by atoms with Crippen LogP contribution in [0.25, 0.3) is 11.5 Å². The highest BCUT2D eigenvalue weighted by molar-refractivity contribution is 5.81. The summed E-state index contributed by atoms with van der Waals surface area (Å²) >= 11 is 0. The van der Waals surface area contributed by atoms with Crippen LogP contribution in [0, 0.1) is 10.1 Å². The summed E-state index contributed by atoms with van der Waals surface area (Å²) in [5.41, 5.74) is 1.46. The summed E-state index contributed by atoms with van der Waals surface area (Å²) in [7, 11) is 0. The van der Waals surface area contributed by atoms with Gasteiger partial charge in [0, 0.05) is 12.1 Å². The lowest BCUT2D eigenvalue weighted by molar-refractivity contribution is -0.384. The minimum atomic E-state index is -0.460. The Balaban J connectivity index is 1.94. The third kappa shape index (κ3) is 2.49. The highest BCUT2D eigenvalue weighted by Crippen LogP contribution is 2.23. The number of nitro groups is 1. The molecule has 0 saturated heterocycles. The van der Waals surface area contributed by atoms with Crippen molar-refractivity contribution in [2.24, 2.45) is 0 Å². The van der Waals surface area contributed by atoms with Crippen molar-refractivity contribution in [1.82, 2.24) is 15.0 Å². The van der Waals surface area contributed by atoms with Gasteiger partial charge in [0.25, 0.3) is 5.69 Å². The van der Waals surface area contributed by atoms with E-state index in [2.05, 4.69) is 10.3 Å². The van der Waals surface area contributed by atoms with Gasteiger partial charge in [-0.3, -0.25) is 14.9 Å². The molecule has 0 saturated carbocycles. The number of rotatable bonds is 5. The molecule has 0 bridgehead atoms. The molecular weight excluding hydrogens is 288 g/mol. The summed E-state index contributed by atoms with van der Waals surface area (Å²) in [6, 6.07) is 9.50. The standard InChI is InChI=1S/C14H10N4O4/c19-9-12-14(13-2-1-7-22-13)17(16-15-12)8-10-3-5-11(6-4-10)18(20)21/h1-7,9H,8H2. The van der Waals surface area contributed by atoms with E-state index in [4.69, 9.17) is 4.42 Å². The first-order chi connectivity index (χ1) is 10.7. The Labute approximate surface area is 124 Å². The Morgan fingerprint density at radius 1 is 1.27 bits per heavy atom. The zero-order chi connectivity index (χ0) is 15.5. The molecule has 0 N–H and O–H groups in total. The van der Waals surface area contributed by atoms with Crippen LogP contribution in [0.15, 0.2) is 47.1 Å². The number of carbonyl (C=O) groups excluding carboxylic acids is 1. The summed E-state index contributed by atoms with van der Waals surface area (Å²) in [5.74, 6) is 0.481. The van der Waals surface area contributed by atoms with Crippen molar-refractivity contribution in [3.63, 3.8) is 0 Å². The van der Waals surface area contributed by atoms with Gasteiger partial charge in [-0.1, -0.05) is 17.3 Å². The molecule has 3 rings (SSSR count). The number of aldehydes is 1. The monoisotopic (exact) mass is 298 g/mol. The van der Waals surface area contributed by atoms with Gasteiger partial charge in [0.1, 0.15) is 5.69 Å². The molecule has 0 fully saturated rings. The summed E-state index contributed by atoms with van der Waals surface area (Å²) in [6.45, 7) is 0.314. The largest absolute Gasteiger partial charge is 0.463 e. The van der Waals surface area contributed by atoms with E-state index in [0.717, 1.165) is 5.56 Å². The van der Waals surface area contributed by atoms with E-state index in [1.165, 1.54) is 23.1 Å². The summed E-state index contributed by atoms with van der Waals surface area (Å²) in [6.07, 6.45) is 2.10. The Kier molecular flexibility index (Phi) is 3.48. The Hall–Kier alpha value is -3.29. The number of nitrogens with zero attached hydrogens (tertiary/aromatic N) is 4. The topological polar surface area (TPSA) is 104 Å². The number of benzene rings is 1. The van der Waals surface area contributed by atoms with Gasteiger partial charge in [-0.25, -0.2) is 4.68 Å². The van der Waals surface area contributed by atoms with Crippen molar-refractivity contribution in [3.05, 3.63) is 64.0 Å². The van der Waals surface area contributed by atoms with Crippen LogP contribution in [0.2, 0.25) is 0 Å². The van der Waals surface area contributed by atoms with Crippen LogP contribution in [0.1, 0.15) is 16.1 Å². The van der Waals surface area contributed by atoms with E-state index in [1.807, 2.05) is 0 Å². The van der Waals surface area contributed by atoms with Gasteiger partial charge >= 0.3 is 0 Å². The fraction of sp³-hybridized carbons (Fsp3) is 0.0714. The molecule has 8 nitrogen and oxygen atoms in total. The molecule has 0 spiro atoms. The minimum Gasteiger partial charge on any atom is -0.463 e. The zero-order valence-corrected chi connectivity index (χ0v) is 11.2. The summed E-state index contributed by atoms with van der Waals surface area (Å²) < 4.78 is 6.82. The third-order valence-corrected chi connectivity index (χ3v) is 3.11. The first-order valence-corrected chi connectivity index (χ1v) is 6.35. The van der Waals surface area contributed by atoms with Crippen LogP contribution in [0.5, 0.6) is 0 Å². The van der Waals surface area contributed by atoms with Crippen molar-refractivity contribution in [1.29, 1.82) is 0 Å². The number of aromatic nitrogens is 3. The van der Waals surface area contributed by atoms with Gasteiger partial charge in [-0.2, -0.15) is 0 Å². The SMILES string of the molecule is O=Cc1nnn(Cc2ccc([N+](=O)[O-])cc2)c1-c1ccco1. The molecule has 110 valence electrons. The first-order valence-electron chi connectivity index (χ1n) is 6.35. The van der Waals surface area contributed by atoms with E-state index in [9.17, 15) is 14.9 Å². The third-order valence-electron chi connectivity index (χ3n) is 3.11. The fourth-order valence-electron chi connectivity index (χ4n) is 2.08. The zero-order valence-electron chi connectivity index (χ0n) is 11.2. The first kappa shape index (κ1) is 13.7. The average Bonchev–Trinajstić information content (AvgIpc) is 3.16. The molecule has 0 atom stereocenters. The maximum absolute atomic E-state index is 11.1. The number of hydrogen-bond donors (Lipinski definition) is 0. The molecular formula is C14H10N4O4. The predicted molar refractivity (Wildman–Crippen MR) is 75.3 cm³/mol. The number of non-ortho nitro benzene ring substituents is 1. The van der Waals surface area contributed by atoms with Gasteiger partial charge in [-0.05, 0) is 17.7 Å². The number of hydrogen-bond acceptors (Lipinski definition) is 6. The van der Waals surface area contributed by atoms with E-state index >= 15 is 0 Å². The van der Waals surface area contributed by atoms with Crippen LogP contribution in [0.3, 0.4) is 0 Å². The minimum absolute atomic E-state index is 0.0159. The normalized spacial score (nSPS) is 10.5. The molecule has 2 aromatic heterocycles. The molecule has 1 aromatic carbocycles.